The van der Waals surface area contributed by atoms with E-state index in [2.05, 4.69) is 17.2 Å². The summed E-state index contributed by atoms with van der Waals surface area (Å²) in [4.78, 5) is 4.36. The van der Waals surface area contributed by atoms with Gasteiger partial charge in [0.25, 0.3) is 0 Å². The van der Waals surface area contributed by atoms with Gasteiger partial charge >= 0.3 is 0 Å². The van der Waals surface area contributed by atoms with Gasteiger partial charge in [-0.05, 0) is 48.4 Å². The molecule has 0 spiro atoms. The number of aliphatic imine (C=N–C) groups is 1. The Bertz CT molecular complexity index is 700. The molecule has 0 fully saturated rings. The Kier molecular flexibility index (Phi) is 6.95. The van der Waals surface area contributed by atoms with E-state index in [-0.39, 0.29) is 0 Å². The Morgan fingerprint density at radius 1 is 1.04 bits per heavy atom. The third kappa shape index (κ3) is 5.60. The number of hydrogen-bond donors (Lipinski definition) is 2. The Hall–Kier alpha value is -2.89. The molecule has 0 aliphatic carbocycles. The van der Waals surface area contributed by atoms with E-state index >= 15 is 0 Å². The average molecular weight is 343 g/mol. The van der Waals surface area contributed by atoms with E-state index in [4.69, 9.17) is 19.9 Å². The summed E-state index contributed by atoms with van der Waals surface area (Å²) >= 11 is 0. The lowest BCUT2D eigenvalue weighted by molar-refractivity contribution is 0.294. The zero-order valence-electron chi connectivity index (χ0n) is 14.9. The van der Waals surface area contributed by atoms with Crippen LogP contribution in [0.1, 0.15) is 18.9 Å². The van der Waals surface area contributed by atoms with Crippen LogP contribution in [0.25, 0.3) is 0 Å². The van der Waals surface area contributed by atoms with Crippen LogP contribution in [-0.2, 0) is 6.54 Å². The van der Waals surface area contributed by atoms with Crippen molar-refractivity contribution in [1.82, 2.24) is 0 Å². The fraction of sp³-hybridized carbons (Fsp3) is 0.316. The topological polar surface area (TPSA) is 78.1 Å². The van der Waals surface area contributed by atoms with E-state index < -0.39 is 0 Å². The lowest BCUT2D eigenvalue weighted by Crippen LogP contribution is -2.22. The lowest BCUT2D eigenvalue weighted by Gasteiger charge is -2.11. The van der Waals surface area contributed by atoms with Crippen molar-refractivity contribution in [3.63, 3.8) is 0 Å². The van der Waals surface area contributed by atoms with Gasteiger partial charge in [-0.15, -0.1) is 0 Å². The van der Waals surface area contributed by atoms with Crippen LogP contribution < -0.4 is 25.3 Å². The fourth-order valence-electron chi connectivity index (χ4n) is 2.18. The van der Waals surface area contributed by atoms with Crippen molar-refractivity contribution in [2.24, 2.45) is 10.7 Å². The second-order valence-corrected chi connectivity index (χ2v) is 5.39. The summed E-state index contributed by atoms with van der Waals surface area (Å²) in [6.45, 7) is 3.17. The summed E-state index contributed by atoms with van der Waals surface area (Å²) in [5.74, 6) is 2.57. The molecule has 134 valence electrons. The SMILES string of the molecule is CCCOc1ccc(CN=C(N)Nc2ccc(OC)cc2)cc1OC. The van der Waals surface area contributed by atoms with Crippen LogP contribution >= 0.6 is 0 Å². The molecule has 0 heterocycles. The molecule has 2 aromatic rings. The lowest BCUT2D eigenvalue weighted by atomic mass is 10.2. The minimum absolute atomic E-state index is 0.343. The summed E-state index contributed by atoms with van der Waals surface area (Å²) in [6, 6.07) is 13.2. The van der Waals surface area contributed by atoms with Crippen LogP contribution in [0.2, 0.25) is 0 Å². The van der Waals surface area contributed by atoms with Gasteiger partial charge in [-0.2, -0.15) is 0 Å². The van der Waals surface area contributed by atoms with Crippen LogP contribution in [0.15, 0.2) is 47.5 Å². The highest BCUT2D eigenvalue weighted by Gasteiger charge is 2.05. The van der Waals surface area contributed by atoms with Crippen LogP contribution in [0.4, 0.5) is 5.69 Å². The average Bonchev–Trinajstić information content (AvgIpc) is 2.65. The standard InChI is InChI=1S/C19H25N3O3/c1-4-11-25-17-10-5-14(12-18(17)24-3)13-21-19(20)22-15-6-8-16(23-2)9-7-15/h5-10,12H,4,11,13H2,1-3H3,(H3,20,21,22). The Morgan fingerprint density at radius 3 is 2.44 bits per heavy atom. The second-order valence-electron chi connectivity index (χ2n) is 5.39. The van der Waals surface area contributed by atoms with Gasteiger partial charge in [0.05, 0.1) is 27.4 Å². The van der Waals surface area contributed by atoms with Crippen molar-refractivity contribution in [3.05, 3.63) is 48.0 Å². The van der Waals surface area contributed by atoms with Gasteiger partial charge in [0.2, 0.25) is 0 Å². The summed E-state index contributed by atoms with van der Waals surface area (Å²) in [7, 11) is 3.26. The molecule has 0 saturated heterocycles. The number of ether oxygens (including phenoxy) is 3. The van der Waals surface area contributed by atoms with Crippen LogP contribution in [0.5, 0.6) is 17.2 Å². The normalized spacial score (nSPS) is 11.1. The van der Waals surface area contributed by atoms with Crippen molar-refractivity contribution in [2.75, 3.05) is 26.1 Å². The van der Waals surface area contributed by atoms with E-state index in [9.17, 15) is 0 Å². The number of benzene rings is 2. The van der Waals surface area contributed by atoms with Crippen LogP contribution in [0.3, 0.4) is 0 Å². The van der Waals surface area contributed by atoms with Crippen molar-refractivity contribution in [2.45, 2.75) is 19.9 Å². The van der Waals surface area contributed by atoms with Crippen molar-refractivity contribution in [3.8, 4) is 17.2 Å². The van der Waals surface area contributed by atoms with E-state index in [1.54, 1.807) is 14.2 Å². The minimum atomic E-state index is 0.343. The van der Waals surface area contributed by atoms with Gasteiger partial charge in [-0.1, -0.05) is 13.0 Å². The number of nitrogens with one attached hydrogen (secondary N) is 1. The quantitative estimate of drug-likeness (QED) is 0.567. The van der Waals surface area contributed by atoms with Crippen molar-refractivity contribution in [1.29, 1.82) is 0 Å². The summed E-state index contributed by atoms with van der Waals surface area (Å²) in [6.07, 6.45) is 0.947. The molecule has 0 unspecified atom stereocenters. The highest BCUT2D eigenvalue weighted by atomic mass is 16.5. The van der Waals surface area contributed by atoms with Gasteiger partial charge in [0, 0.05) is 5.69 Å². The van der Waals surface area contributed by atoms with E-state index in [0.29, 0.717) is 24.9 Å². The smallest absolute Gasteiger partial charge is 0.193 e. The molecule has 2 rings (SSSR count). The van der Waals surface area contributed by atoms with Crippen LogP contribution in [-0.4, -0.2) is 26.8 Å². The highest BCUT2D eigenvalue weighted by Crippen LogP contribution is 2.28. The van der Waals surface area contributed by atoms with E-state index in [0.717, 1.165) is 29.2 Å². The first-order valence-electron chi connectivity index (χ1n) is 8.17. The molecule has 3 N–H and O–H groups in total. The molecule has 0 aliphatic heterocycles. The van der Waals surface area contributed by atoms with Gasteiger partial charge in [-0.3, -0.25) is 0 Å². The first-order chi connectivity index (χ1) is 12.2. The molecule has 0 amide bonds. The van der Waals surface area contributed by atoms with E-state index in [1.807, 2.05) is 42.5 Å². The number of methoxy groups -OCH3 is 2. The number of rotatable bonds is 8. The van der Waals surface area contributed by atoms with E-state index in [1.165, 1.54) is 0 Å². The van der Waals surface area contributed by atoms with Gasteiger partial charge < -0.3 is 25.3 Å². The van der Waals surface area contributed by atoms with Gasteiger partial charge in [0.15, 0.2) is 17.5 Å². The number of anilines is 1. The third-order valence-corrected chi connectivity index (χ3v) is 3.48. The third-order valence-electron chi connectivity index (χ3n) is 3.48. The zero-order valence-corrected chi connectivity index (χ0v) is 14.9. The maximum Gasteiger partial charge on any atom is 0.193 e. The molecule has 0 atom stereocenters. The zero-order chi connectivity index (χ0) is 18.1. The van der Waals surface area contributed by atoms with Gasteiger partial charge in [0.1, 0.15) is 5.75 Å². The molecular weight excluding hydrogens is 318 g/mol. The second kappa shape index (κ2) is 9.42. The molecular formula is C19H25N3O3. The number of guanidine groups is 1. The fourth-order valence-corrected chi connectivity index (χ4v) is 2.18. The predicted octanol–water partition coefficient (Wildman–Crippen LogP) is 3.42. The molecule has 6 nitrogen and oxygen atoms in total. The largest absolute Gasteiger partial charge is 0.497 e. The molecule has 0 aromatic heterocycles. The molecule has 0 radical (unpaired) electrons. The molecule has 0 bridgehead atoms. The van der Waals surface area contributed by atoms with Crippen molar-refractivity contribution >= 4 is 11.6 Å². The molecule has 2 aromatic carbocycles. The Labute approximate surface area is 148 Å². The Balaban J connectivity index is 1.99. The predicted molar refractivity (Wildman–Crippen MR) is 101 cm³/mol. The number of hydrogen-bond acceptors (Lipinski definition) is 4. The highest BCUT2D eigenvalue weighted by molar-refractivity contribution is 5.92. The number of nitrogens with zero attached hydrogens (tertiary/aromatic N) is 1. The molecule has 0 saturated carbocycles. The summed E-state index contributed by atoms with van der Waals surface area (Å²) in [5, 5.41) is 3.05. The monoisotopic (exact) mass is 343 g/mol. The maximum absolute atomic E-state index is 5.94. The van der Waals surface area contributed by atoms with Crippen LogP contribution in [0, 0.1) is 0 Å². The molecule has 25 heavy (non-hydrogen) atoms. The van der Waals surface area contributed by atoms with Crippen molar-refractivity contribution < 1.29 is 14.2 Å². The molecule has 0 aliphatic rings. The maximum atomic E-state index is 5.94. The molecule has 6 heteroatoms. The van der Waals surface area contributed by atoms with Gasteiger partial charge in [-0.25, -0.2) is 4.99 Å². The summed E-state index contributed by atoms with van der Waals surface area (Å²) in [5.41, 5.74) is 7.78. The first-order valence-corrected chi connectivity index (χ1v) is 8.17. The number of nitrogens with two attached hydrogens (primary N) is 1. The minimum Gasteiger partial charge on any atom is -0.497 e. The first kappa shape index (κ1) is 18.4. The summed E-state index contributed by atoms with van der Waals surface area (Å²) < 4.78 is 16.1. The Morgan fingerprint density at radius 2 is 1.80 bits per heavy atom.